The quantitative estimate of drug-likeness (QED) is 0.248. The van der Waals surface area contributed by atoms with Gasteiger partial charge in [-0.2, -0.15) is 0 Å². The largest absolute Gasteiger partial charge is 0.464 e. The van der Waals surface area contributed by atoms with Crippen molar-refractivity contribution in [3.63, 3.8) is 0 Å². The molecule has 7 nitrogen and oxygen atoms in total. The van der Waals surface area contributed by atoms with Crippen molar-refractivity contribution in [2.75, 3.05) is 26.7 Å². The van der Waals surface area contributed by atoms with Crippen LogP contribution in [0.4, 0.5) is 8.78 Å². The zero-order valence-corrected chi connectivity index (χ0v) is 24.2. The highest BCUT2D eigenvalue weighted by molar-refractivity contribution is 7.13. The van der Waals surface area contributed by atoms with Crippen molar-refractivity contribution in [2.24, 2.45) is 11.7 Å². The molecule has 0 unspecified atom stereocenters. The molecule has 1 aliphatic carbocycles. The van der Waals surface area contributed by atoms with Crippen LogP contribution in [-0.2, 0) is 13.0 Å². The van der Waals surface area contributed by atoms with Crippen LogP contribution in [0, 0.1) is 12.8 Å². The maximum Gasteiger partial charge on any atom is 0.278 e. The van der Waals surface area contributed by atoms with Crippen molar-refractivity contribution in [1.29, 1.82) is 0 Å². The first kappa shape index (κ1) is 32.5. The van der Waals surface area contributed by atoms with Gasteiger partial charge in [0.15, 0.2) is 24.4 Å². The molecule has 0 radical (unpaired) electrons. The van der Waals surface area contributed by atoms with Crippen LogP contribution in [0.1, 0.15) is 72.3 Å². The van der Waals surface area contributed by atoms with Crippen LogP contribution in [0.15, 0.2) is 35.8 Å². The van der Waals surface area contributed by atoms with E-state index in [-0.39, 0.29) is 0 Å². The predicted octanol–water partition coefficient (Wildman–Crippen LogP) is 6.83. The van der Waals surface area contributed by atoms with Crippen LogP contribution in [0.3, 0.4) is 0 Å². The van der Waals surface area contributed by atoms with Crippen LogP contribution in [-0.4, -0.2) is 53.8 Å². The first-order valence-electron chi connectivity index (χ1n) is 13.4. The van der Waals surface area contributed by atoms with Gasteiger partial charge in [-0.15, -0.1) is 13.2 Å². The topological polar surface area (TPSA) is 94.5 Å². The summed E-state index contributed by atoms with van der Waals surface area (Å²) in [6.07, 6.45) is 9.99. The fraction of sp³-hybridized carbons (Fsp3) is 0.552. The molecule has 0 saturated heterocycles. The number of carbonyl (C=O) groups is 1. The lowest BCUT2D eigenvalue weighted by molar-refractivity contribution is -0.0230. The Balaban J connectivity index is 0.000000280. The first-order valence-corrected chi connectivity index (χ1v) is 14.2. The Hall–Kier alpha value is -2.69. The van der Waals surface area contributed by atoms with Crippen molar-refractivity contribution < 1.29 is 22.7 Å². The van der Waals surface area contributed by atoms with Gasteiger partial charge < -0.3 is 14.9 Å². The molecule has 1 saturated carbocycles. The van der Waals surface area contributed by atoms with Gasteiger partial charge in [0.05, 0.1) is 5.69 Å². The number of oxazole rings is 1. The summed E-state index contributed by atoms with van der Waals surface area (Å²) in [4.78, 5) is 22.7. The highest BCUT2D eigenvalue weighted by Gasteiger charge is 2.26. The average molecular weight is 565 g/mol. The van der Waals surface area contributed by atoms with Crippen molar-refractivity contribution in [3.8, 4) is 5.19 Å². The monoisotopic (exact) mass is 564 g/mol. The Morgan fingerprint density at radius 2 is 1.95 bits per heavy atom. The van der Waals surface area contributed by atoms with Gasteiger partial charge in [-0.05, 0) is 44.5 Å². The molecule has 39 heavy (non-hydrogen) atoms. The number of carbonyl (C=O) groups excluding carboxylic acids is 1. The lowest BCUT2D eigenvalue weighted by Crippen LogP contribution is -2.32. The predicted molar refractivity (Wildman–Crippen MR) is 154 cm³/mol. The number of thiazole rings is 1. The van der Waals surface area contributed by atoms with Crippen LogP contribution in [0.25, 0.3) is 11.1 Å². The van der Waals surface area contributed by atoms with E-state index in [0.717, 1.165) is 50.9 Å². The van der Waals surface area contributed by atoms with Gasteiger partial charge in [0.25, 0.3) is 11.1 Å². The Labute approximate surface area is 234 Å². The minimum absolute atomic E-state index is 0.394. The van der Waals surface area contributed by atoms with Gasteiger partial charge in [-0.25, -0.2) is 18.7 Å². The number of aldehydes is 1. The minimum Gasteiger partial charge on any atom is -0.464 e. The van der Waals surface area contributed by atoms with E-state index in [2.05, 4.69) is 33.8 Å². The SMILES string of the molecule is C=C.CC(F)(F)COc1nc2c(s1)CCN(CCC1CCCCC1)C2.CN.Cc1nc2c(C=O)cccc2o1. The van der Waals surface area contributed by atoms with Gasteiger partial charge in [-0.1, -0.05) is 49.5 Å². The summed E-state index contributed by atoms with van der Waals surface area (Å²) >= 11 is 1.43. The van der Waals surface area contributed by atoms with Crippen LogP contribution in [0.2, 0.25) is 0 Å². The number of alkyl halides is 2. The molecule has 2 aliphatic rings. The van der Waals surface area contributed by atoms with Crippen molar-refractivity contribution in [1.82, 2.24) is 14.9 Å². The summed E-state index contributed by atoms with van der Waals surface area (Å²) in [6.45, 7) is 11.0. The molecule has 1 aromatic carbocycles. The van der Waals surface area contributed by atoms with E-state index in [1.165, 1.54) is 61.8 Å². The normalized spacial score (nSPS) is 15.5. The number of hydrogen-bond donors (Lipinski definition) is 1. The van der Waals surface area contributed by atoms with Crippen molar-refractivity contribution in [3.05, 3.63) is 53.4 Å². The molecule has 5 rings (SSSR count). The molecule has 0 atom stereocenters. The Bertz CT molecular complexity index is 1140. The minimum atomic E-state index is -2.81. The summed E-state index contributed by atoms with van der Waals surface area (Å²) in [6, 6.07) is 5.29. The summed E-state index contributed by atoms with van der Waals surface area (Å²) in [7, 11) is 1.50. The van der Waals surface area contributed by atoms with E-state index in [1.807, 2.05) is 0 Å². The molecule has 1 aliphatic heterocycles. The Kier molecular flexibility index (Phi) is 13.7. The van der Waals surface area contributed by atoms with E-state index in [1.54, 1.807) is 25.1 Å². The van der Waals surface area contributed by atoms with E-state index < -0.39 is 12.5 Å². The molecule has 3 heterocycles. The number of ether oxygens (including phenoxy) is 1. The second kappa shape index (κ2) is 16.4. The third-order valence-electron chi connectivity index (χ3n) is 6.50. The van der Waals surface area contributed by atoms with E-state index in [4.69, 9.17) is 9.15 Å². The molecule has 2 N–H and O–H groups in total. The number of nitrogens with two attached hydrogens (primary N) is 1. The molecular weight excluding hydrogens is 522 g/mol. The van der Waals surface area contributed by atoms with Crippen LogP contribution in [0.5, 0.6) is 5.19 Å². The Morgan fingerprint density at radius 3 is 2.62 bits per heavy atom. The molecule has 0 spiro atoms. The fourth-order valence-electron chi connectivity index (χ4n) is 4.69. The second-order valence-electron chi connectivity index (χ2n) is 9.57. The molecule has 2 aromatic heterocycles. The smallest absolute Gasteiger partial charge is 0.278 e. The van der Waals surface area contributed by atoms with E-state index in [9.17, 15) is 13.6 Å². The number of benzene rings is 1. The number of nitrogens with zero attached hydrogens (tertiary/aromatic N) is 3. The zero-order chi connectivity index (χ0) is 28.8. The van der Waals surface area contributed by atoms with E-state index in [0.29, 0.717) is 27.7 Å². The number of para-hydroxylation sites is 1. The molecule has 0 amide bonds. The maximum atomic E-state index is 12.9. The standard InChI is InChI=1S/C17H26F2N2OS.C9H7NO2.C2H4.CH5N/c1-17(18,19)12-22-16-20-14-11-21(10-8-15(14)23-16)9-7-13-5-3-2-4-6-13;1-6-10-9-7(5-11)3-2-4-8(9)12-6;2*1-2/h13H,2-12H2,1H3;2-5H,1H3;1-2H2;2H2,1H3. The lowest BCUT2D eigenvalue weighted by Gasteiger charge is -2.29. The fourth-order valence-corrected chi connectivity index (χ4v) is 5.59. The number of aromatic nitrogens is 2. The van der Waals surface area contributed by atoms with Crippen LogP contribution < -0.4 is 10.5 Å². The second-order valence-corrected chi connectivity index (χ2v) is 10.6. The Morgan fingerprint density at radius 1 is 1.23 bits per heavy atom. The summed E-state index contributed by atoms with van der Waals surface area (Å²) in [5, 5.41) is 0.394. The highest BCUT2D eigenvalue weighted by atomic mass is 32.1. The molecule has 10 heteroatoms. The van der Waals surface area contributed by atoms with Gasteiger partial charge >= 0.3 is 0 Å². The zero-order valence-electron chi connectivity index (χ0n) is 23.4. The number of halogens is 2. The molecule has 0 bridgehead atoms. The average Bonchev–Trinajstić information content (AvgIpc) is 3.55. The van der Waals surface area contributed by atoms with Gasteiger partial charge in [0.2, 0.25) is 0 Å². The molecular formula is C29H42F2N4O3S. The third kappa shape index (κ3) is 10.4. The highest BCUT2D eigenvalue weighted by Crippen LogP contribution is 2.32. The number of aryl methyl sites for hydroxylation is 1. The summed E-state index contributed by atoms with van der Waals surface area (Å²) in [5.41, 5.74) is 7.41. The van der Waals surface area contributed by atoms with Gasteiger partial charge in [0.1, 0.15) is 5.52 Å². The number of rotatable bonds is 7. The van der Waals surface area contributed by atoms with Crippen molar-refractivity contribution in [2.45, 2.75) is 71.3 Å². The van der Waals surface area contributed by atoms with Crippen LogP contribution >= 0.6 is 11.3 Å². The number of fused-ring (bicyclic) bond motifs is 2. The number of hydrogen-bond acceptors (Lipinski definition) is 8. The van der Waals surface area contributed by atoms with Gasteiger partial charge in [0, 0.05) is 37.4 Å². The summed E-state index contributed by atoms with van der Waals surface area (Å²) < 4.78 is 36.1. The maximum absolute atomic E-state index is 12.9. The van der Waals surface area contributed by atoms with Gasteiger partial charge in [-0.3, -0.25) is 9.69 Å². The molecule has 1 fully saturated rings. The first-order chi connectivity index (χ1) is 18.8. The third-order valence-corrected chi connectivity index (χ3v) is 7.57. The summed E-state index contributed by atoms with van der Waals surface area (Å²) in [5.74, 6) is -1.33. The molecule has 3 aromatic rings. The van der Waals surface area contributed by atoms with E-state index >= 15 is 0 Å². The van der Waals surface area contributed by atoms with Crippen molar-refractivity contribution >= 4 is 28.7 Å². The molecule has 216 valence electrons. The lowest BCUT2D eigenvalue weighted by atomic mass is 9.87.